The quantitative estimate of drug-likeness (QED) is 0.253. The van der Waals surface area contributed by atoms with E-state index in [1.165, 1.54) is 11.3 Å². The number of esters is 1. The number of nitrogens with zero attached hydrogens (tertiary/aromatic N) is 2. The Hall–Kier alpha value is -3.30. The molecule has 0 unspecified atom stereocenters. The van der Waals surface area contributed by atoms with E-state index in [4.69, 9.17) is 9.73 Å². The van der Waals surface area contributed by atoms with Gasteiger partial charge in [-0.3, -0.25) is 9.36 Å². The molecule has 7 heteroatoms. The Morgan fingerprint density at radius 3 is 2.34 bits per heavy atom. The smallest absolute Gasteiger partial charge is 0.338 e. The second-order valence-corrected chi connectivity index (χ2v) is 10.1. The van der Waals surface area contributed by atoms with Crippen molar-refractivity contribution in [1.29, 1.82) is 0 Å². The lowest BCUT2D eigenvalue weighted by atomic mass is 9.93. The Labute approximate surface area is 219 Å². The van der Waals surface area contributed by atoms with Gasteiger partial charge in [0.25, 0.3) is 5.56 Å². The number of halogens is 1. The van der Waals surface area contributed by atoms with Crippen molar-refractivity contribution in [2.24, 2.45) is 4.99 Å². The molecule has 0 aliphatic carbocycles. The summed E-state index contributed by atoms with van der Waals surface area (Å²) < 4.78 is 8.78. The highest BCUT2D eigenvalue weighted by Gasteiger charge is 2.35. The lowest BCUT2D eigenvalue weighted by Crippen LogP contribution is -2.39. The lowest BCUT2D eigenvalue weighted by molar-refractivity contribution is -0.138. The molecule has 174 valence electrons. The minimum atomic E-state index is -0.652. The highest BCUT2D eigenvalue weighted by atomic mass is 127. The first-order valence-corrected chi connectivity index (χ1v) is 13.1. The van der Waals surface area contributed by atoms with Crippen LogP contribution in [0.4, 0.5) is 0 Å². The van der Waals surface area contributed by atoms with Crippen LogP contribution in [-0.4, -0.2) is 17.1 Å². The third-order valence-corrected chi connectivity index (χ3v) is 7.36. The topological polar surface area (TPSA) is 60.7 Å². The SMILES string of the molecule is CCOC(=O)C1=C(c2ccccc2)N=c2s/c(=C\c3ccc(I)cc3)c(=O)n2[C@@H]1c1ccccc1. The number of carbonyl (C=O) groups is 1. The maximum atomic E-state index is 13.7. The minimum Gasteiger partial charge on any atom is -0.463 e. The summed E-state index contributed by atoms with van der Waals surface area (Å²) in [6.45, 7) is 2.00. The van der Waals surface area contributed by atoms with Gasteiger partial charge in [0.15, 0.2) is 4.80 Å². The third kappa shape index (κ3) is 4.66. The molecular formula is C28H21IN2O3S. The van der Waals surface area contributed by atoms with Crippen LogP contribution in [0.5, 0.6) is 0 Å². The maximum Gasteiger partial charge on any atom is 0.338 e. The summed E-state index contributed by atoms with van der Waals surface area (Å²) in [5.41, 5.74) is 3.25. The molecule has 0 radical (unpaired) electrons. The average molecular weight is 592 g/mol. The Balaban J connectivity index is 1.82. The van der Waals surface area contributed by atoms with E-state index in [0.29, 0.717) is 20.6 Å². The molecule has 35 heavy (non-hydrogen) atoms. The van der Waals surface area contributed by atoms with Gasteiger partial charge < -0.3 is 4.74 Å². The number of hydrogen-bond acceptors (Lipinski definition) is 5. The van der Waals surface area contributed by atoms with Gasteiger partial charge in [0.05, 0.1) is 28.5 Å². The van der Waals surface area contributed by atoms with E-state index in [-0.39, 0.29) is 12.2 Å². The zero-order chi connectivity index (χ0) is 24.4. The van der Waals surface area contributed by atoms with Crippen molar-refractivity contribution in [3.63, 3.8) is 0 Å². The van der Waals surface area contributed by atoms with Crippen molar-refractivity contribution in [3.8, 4) is 0 Å². The largest absolute Gasteiger partial charge is 0.463 e. The summed E-state index contributed by atoms with van der Waals surface area (Å²) in [6.07, 6.45) is 1.87. The predicted molar refractivity (Wildman–Crippen MR) is 147 cm³/mol. The molecule has 4 aromatic rings. The molecule has 1 atom stereocenters. The van der Waals surface area contributed by atoms with Crippen LogP contribution in [-0.2, 0) is 9.53 Å². The van der Waals surface area contributed by atoms with Gasteiger partial charge in [-0.1, -0.05) is 84.1 Å². The van der Waals surface area contributed by atoms with Gasteiger partial charge >= 0.3 is 5.97 Å². The van der Waals surface area contributed by atoms with Crippen LogP contribution >= 0.6 is 33.9 Å². The Morgan fingerprint density at radius 1 is 1.03 bits per heavy atom. The number of benzene rings is 3. The van der Waals surface area contributed by atoms with Gasteiger partial charge in [-0.2, -0.15) is 0 Å². The van der Waals surface area contributed by atoms with Gasteiger partial charge in [-0.15, -0.1) is 0 Å². The number of fused-ring (bicyclic) bond motifs is 1. The van der Waals surface area contributed by atoms with E-state index in [1.54, 1.807) is 11.5 Å². The molecule has 1 aliphatic rings. The van der Waals surface area contributed by atoms with E-state index in [0.717, 1.165) is 20.3 Å². The van der Waals surface area contributed by atoms with Gasteiger partial charge in [-0.25, -0.2) is 9.79 Å². The van der Waals surface area contributed by atoms with Crippen LogP contribution in [0.3, 0.4) is 0 Å². The van der Waals surface area contributed by atoms with Gasteiger partial charge in [-0.05, 0) is 58.9 Å². The number of hydrogen-bond donors (Lipinski definition) is 0. The van der Waals surface area contributed by atoms with E-state index in [2.05, 4.69) is 22.6 Å². The van der Waals surface area contributed by atoms with Crippen LogP contribution in [0.15, 0.2) is 100 Å². The molecule has 0 amide bonds. The summed E-state index contributed by atoms with van der Waals surface area (Å²) in [5.74, 6) is -0.476. The van der Waals surface area contributed by atoms with Crippen molar-refractivity contribution in [1.82, 2.24) is 4.57 Å². The Kier molecular flexibility index (Phi) is 6.79. The monoisotopic (exact) mass is 592 g/mol. The number of aromatic nitrogens is 1. The lowest BCUT2D eigenvalue weighted by Gasteiger charge is -2.25. The third-order valence-electron chi connectivity index (χ3n) is 5.66. The van der Waals surface area contributed by atoms with E-state index in [9.17, 15) is 9.59 Å². The molecule has 0 bridgehead atoms. The van der Waals surface area contributed by atoms with Crippen molar-refractivity contribution in [2.45, 2.75) is 13.0 Å². The summed E-state index contributed by atoms with van der Waals surface area (Å²) >= 11 is 3.58. The second kappa shape index (κ2) is 10.1. The summed E-state index contributed by atoms with van der Waals surface area (Å²) in [7, 11) is 0. The van der Waals surface area contributed by atoms with Crippen LogP contribution in [0, 0.1) is 3.57 Å². The first-order chi connectivity index (χ1) is 17.1. The fourth-order valence-corrected chi connectivity index (χ4v) is 5.46. The molecule has 0 fully saturated rings. The summed E-state index contributed by atoms with van der Waals surface area (Å²) in [5, 5.41) is 0. The van der Waals surface area contributed by atoms with Crippen molar-refractivity contribution in [3.05, 3.63) is 130 Å². The normalized spacial score (nSPS) is 15.5. The first-order valence-electron chi connectivity index (χ1n) is 11.2. The highest BCUT2D eigenvalue weighted by molar-refractivity contribution is 14.1. The molecule has 5 rings (SSSR count). The second-order valence-electron chi connectivity index (χ2n) is 7.89. The summed E-state index contributed by atoms with van der Waals surface area (Å²) in [6, 6.07) is 26.4. The average Bonchev–Trinajstić information content (AvgIpc) is 3.20. The summed E-state index contributed by atoms with van der Waals surface area (Å²) in [4.78, 5) is 32.5. The molecule has 1 aromatic heterocycles. The molecule has 0 N–H and O–H groups in total. The molecule has 5 nitrogen and oxygen atoms in total. The van der Waals surface area contributed by atoms with Crippen LogP contribution in [0.2, 0.25) is 0 Å². The molecule has 1 aliphatic heterocycles. The molecule has 0 saturated heterocycles. The van der Waals surface area contributed by atoms with Gasteiger partial charge in [0.2, 0.25) is 0 Å². The molecular weight excluding hydrogens is 571 g/mol. The zero-order valence-corrected chi connectivity index (χ0v) is 21.8. The molecule has 0 spiro atoms. The van der Waals surface area contributed by atoms with Gasteiger partial charge in [0, 0.05) is 9.13 Å². The molecule has 0 saturated carbocycles. The maximum absolute atomic E-state index is 13.7. The Bertz CT molecular complexity index is 1590. The predicted octanol–water partition coefficient (Wildman–Crippen LogP) is 4.54. The molecule has 2 heterocycles. The van der Waals surface area contributed by atoms with E-state index >= 15 is 0 Å². The van der Waals surface area contributed by atoms with Crippen molar-refractivity contribution >= 4 is 51.7 Å². The Morgan fingerprint density at radius 2 is 1.69 bits per heavy atom. The van der Waals surface area contributed by atoms with Crippen LogP contribution in [0.25, 0.3) is 11.8 Å². The van der Waals surface area contributed by atoms with Crippen molar-refractivity contribution < 1.29 is 9.53 Å². The van der Waals surface area contributed by atoms with Gasteiger partial charge in [0.1, 0.15) is 0 Å². The standard InChI is InChI=1S/C28H21IN2O3S/c1-2-34-27(33)23-24(19-9-5-3-6-10-19)30-28-31(25(23)20-11-7-4-8-12-20)26(32)22(35-28)17-18-13-15-21(29)16-14-18/h3-17,25H,2H2,1H3/b22-17-/t25-/m1/s1. The van der Waals surface area contributed by atoms with Crippen LogP contribution < -0.4 is 14.9 Å². The van der Waals surface area contributed by atoms with E-state index < -0.39 is 12.0 Å². The van der Waals surface area contributed by atoms with Crippen molar-refractivity contribution in [2.75, 3.05) is 6.61 Å². The number of ether oxygens (including phenoxy) is 1. The van der Waals surface area contributed by atoms with Crippen LogP contribution in [0.1, 0.15) is 29.7 Å². The first kappa shape index (κ1) is 23.4. The number of thiazole rings is 1. The number of rotatable bonds is 5. The number of carbonyl (C=O) groups excluding carboxylic acids is 1. The van der Waals surface area contributed by atoms with E-state index in [1.807, 2.05) is 91.0 Å². The fourth-order valence-electron chi connectivity index (χ4n) is 4.10. The molecule has 3 aromatic carbocycles. The minimum absolute atomic E-state index is 0.185. The fraction of sp³-hybridized carbons (Fsp3) is 0.107. The zero-order valence-electron chi connectivity index (χ0n) is 18.9. The highest BCUT2D eigenvalue weighted by Crippen LogP contribution is 2.35.